The summed E-state index contributed by atoms with van der Waals surface area (Å²) in [5.74, 6) is -0.0995. The third kappa shape index (κ3) is 5.47. The van der Waals surface area contributed by atoms with Crippen LogP contribution in [0.1, 0.15) is 48.7 Å². The number of amides is 1. The van der Waals surface area contributed by atoms with Crippen molar-refractivity contribution in [2.24, 2.45) is 5.73 Å². The number of hydrogen-bond acceptors (Lipinski definition) is 4. The predicted molar refractivity (Wildman–Crippen MR) is 123 cm³/mol. The van der Waals surface area contributed by atoms with Crippen LogP contribution in [0.25, 0.3) is 22.3 Å². The molecule has 3 rings (SSSR count). The Kier molecular flexibility index (Phi) is 9.56. The van der Waals surface area contributed by atoms with Gasteiger partial charge in [-0.25, -0.2) is 9.67 Å². The first-order valence-electron chi connectivity index (χ1n) is 9.45. The van der Waals surface area contributed by atoms with Crippen LogP contribution in [0.5, 0.6) is 0 Å². The molecule has 0 atom stereocenters. The predicted octanol–water partition coefficient (Wildman–Crippen LogP) is 4.30. The summed E-state index contributed by atoms with van der Waals surface area (Å²) >= 11 is 0. The van der Waals surface area contributed by atoms with Crippen molar-refractivity contribution >= 4 is 41.8 Å². The summed E-state index contributed by atoms with van der Waals surface area (Å²) in [6.07, 6.45) is 3.50. The van der Waals surface area contributed by atoms with E-state index in [1.54, 1.807) is 6.20 Å². The Morgan fingerprint density at radius 3 is 2.59 bits per heavy atom. The van der Waals surface area contributed by atoms with Gasteiger partial charge in [0.15, 0.2) is 5.65 Å². The van der Waals surface area contributed by atoms with Gasteiger partial charge in [-0.15, -0.1) is 24.8 Å². The molecule has 1 aromatic carbocycles. The maximum atomic E-state index is 12.9. The number of rotatable bonds is 7. The Balaban J connectivity index is 0.00000210. The van der Waals surface area contributed by atoms with Crippen molar-refractivity contribution in [2.45, 2.75) is 39.7 Å². The lowest BCUT2D eigenvalue weighted by atomic mass is 10.0. The van der Waals surface area contributed by atoms with Gasteiger partial charge in [-0.3, -0.25) is 4.79 Å². The summed E-state index contributed by atoms with van der Waals surface area (Å²) in [6, 6.07) is 10.1. The molecule has 0 fully saturated rings. The second-order valence-electron chi connectivity index (χ2n) is 7.04. The quantitative estimate of drug-likeness (QED) is 0.539. The van der Waals surface area contributed by atoms with Gasteiger partial charge in [-0.1, -0.05) is 24.3 Å². The minimum atomic E-state index is -0.0995. The average molecular weight is 438 g/mol. The van der Waals surface area contributed by atoms with Gasteiger partial charge in [0.2, 0.25) is 0 Å². The largest absolute Gasteiger partial charge is 0.352 e. The number of aryl methyl sites for hydroxylation is 1. The maximum absolute atomic E-state index is 12.9. The number of carbonyl (C=O) groups excluding carboxylic acids is 1. The van der Waals surface area contributed by atoms with Crippen LogP contribution in [0.15, 0.2) is 36.5 Å². The average Bonchev–Trinajstić information content (AvgIpc) is 3.09. The number of hydrogen-bond donors (Lipinski definition) is 2. The molecule has 2 aromatic heterocycles. The highest BCUT2D eigenvalue weighted by molar-refractivity contribution is 6.06. The van der Waals surface area contributed by atoms with Crippen LogP contribution in [0.3, 0.4) is 0 Å². The Labute approximate surface area is 184 Å². The van der Waals surface area contributed by atoms with E-state index >= 15 is 0 Å². The normalized spacial score (nSPS) is 10.5. The number of nitrogens with two attached hydrogens (primary N) is 1. The Hall–Kier alpha value is -2.15. The standard InChI is InChI=1S/C21H27N5O.2ClH/c1-14(2)26-20-18(13-24-26)17(21(27)23-11-7-6-10-22)12-19(25-20)16-9-5-4-8-15(16)3;;/h4-5,8-9,12-14H,6-7,10-11,22H2,1-3H3,(H,23,27);2*1H. The highest BCUT2D eigenvalue weighted by Crippen LogP contribution is 2.28. The molecule has 0 radical (unpaired) electrons. The maximum Gasteiger partial charge on any atom is 0.252 e. The van der Waals surface area contributed by atoms with Crippen molar-refractivity contribution < 1.29 is 4.79 Å². The SMILES string of the molecule is Cc1ccccc1-c1cc(C(=O)NCCCCN)c2cnn(C(C)C)c2n1.Cl.Cl. The van der Waals surface area contributed by atoms with E-state index in [4.69, 9.17) is 10.7 Å². The van der Waals surface area contributed by atoms with E-state index in [-0.39, 0.29) is 36.8 Å². The minimum absolute atomic E-state index is 0. The highest BCUT2D eigenvalue weighted by atomic mass is 35.5. The molecule has 6 nitrogen and oxygen atoms in total. The molecule has 0 bridgehead atoms. The topological polar surface area (TPSA) is 85.8 Å². The number of unbranched alkanes of at least 4 members (excludes halogenated alkanes) is 1. The van der Waals surface area contributed by atoms with Crippen LogP contribution in [0.4, 0.5) is 0 Å². The molecule has 0 aliphatic rings. The molecular weight excluding hydrogens is 409 g/mol. The van der Waals surface area contributed by atoms with Crippen LogP contribution in [0.2, 0.25) is 0 Å². The summed E-state index contributed by atoms with van der Waals surface area (Å²) in [5.41, 5.74) is 9.80. The van der Waals surface area contributed by atoms with E-state index in [9.17, 15) is 4.79 Å². The zero-order valence-electron chi connectivity index (χ0n) is 17.0. The fourth-order valence-electron chi connectivity index (χ4n) is 3.15. The van der Waals surface area contributed by atoms with Gasteiger partial charge in [-0.2, -0.15) is 5.10 Å². The van der Waals surface area contributed by atoms with E-state index in [2.05, 4.69) is 24.3 Å². The first-order chi connectivity index (χ1) is 13.0. The fourth-order valence-corrected chi connectivity index (χ4v) is 3.15. The number of halogens is 2. The van der Waals surface area contributed by atoms with Crippen molar-refractivity contribution in [1.82, 2.24) is 20.1 Å². The highest BCUT2D eigenvalue weighted by Gasteiger charge is 2.18. The summed E-state index contributed by atoms with van der Waals surface area (Å²) < 4.78 is 1.86. The molecular formula is C21H29Cl2N5O. The molecule has 3 N–H and O–H groups in total. The monoisotopic (exact) mass is 437 g/mol. The number of nitrogens with zero attached hydrogens (tertiary/aromatic N) is 3. The number of aromatic nitrogens is 3. The van der Waals surface area contributed by atoms with Gasteiger partial charge in [0.25, 0.3) is 5.91 Å². The van der Waals surface area contributed by atoms with Crippen LogP contribution in [-0.2, 0) is 0 Å². The lowest BCUT2D eigenvalue weighted by molar-refractivity contribution is 0.0954. The molecule has 3 aromatic rings. The minimum Gasteiger partial charge on any atom is -0.352 e. The van der Waals surface area contributed by atoms with Crippen molar-refractivity contribution in [3.63, 3.8) is 0 Å². The number of carbonyl (C=O) groups is 1. The van der Waals surface area contributed by atoms with Gasteiger partial charge in [0.05, 0.1) is 22.8 Å². The van der Waals surface area contributed by atoms with E-state index < -0.39 is 0 Å². The Morgan fingerprint density at radius 1 is 1.21 bits per heavy atom. The Morgan fingerprint density at radius 2 is 1.93 bits per heavy atom. The molecule has 158 valence electrons. The van der Waals surface area contributed by atoms with Crippen LogP contribution < -0.4 is 11.1 Å². The third-order valence-electron chi connectivity index (χ3n) is 4.64. The molecule has 2 heterocycles. The molecule has 29 heavy (non-hydrogen) atoms. The summed E-state index contributed by atoms with van der Waals surface area (Å²) in [6.45, 7) is 7.40. The van der Waals surface area contributed by atoms with E-state index in [1.807, 2.05) is 41.9 Å². The number of pyridine rings is 1. The van der Waals surface area contributed by atoms with E-state index in [0.717, 1.165) is 40.7 Å². The molecule has 0 unspecified atom stereocenters. The summed E-state index contributed by atoms with van der Waals surface area (Å²) in [4.78, 5) is 17.7. The molecule has 0 aliphatic carbocycles. The number of fused-ring (bicyclic) bond motifs is 1. The van der Waals surface area contributed by atoms with E-state index in [1.165, 1.54) is 0 Å². The summed E-state index contributed by atoms with van der Waals surface area (Å²) in [7, 11) is 0. The van der Waals surface area contributed by atoms with Crippen LogP contribution in [0, 0.1) is 6.92 Å². The fraction of sp³-hybridized carbons (Fsp3) is 0.381. The molecule has 8 heteroatoms. The molecule has 0 saturated carbocycles. The summed E-state index contributed by atoms with van der Waals surface area (Å²) in [5, 5.41) is 8.24. The first-order valence-corrected chi connectivity index (χ1v) is 9.45. The van der Waals surface area contributed by atoms with Crippen LogP contribution >= 0.6 is 24.8 Å². The molecule has 0 spiro atoms. The zero-order chi connectivity index (χ0) is 19.4. The van der Waals surface area contributed by atoms with Gasteiger partial charge < -0.3 is 11.1 Å². The smallest absolute Gasteiger partial charge is 0.252 e. The second-order valence-corrected chi connectivity index (χ2v) is 7.04. The van der Waals surface area contributed by atoms with Crippen molar-refractivity contribution in [3.05, 3.63) is 47.7 Å². The third-order valence-corrected chi connectivity index (χ3v) is 4.64. The number of benzene rings is 1. The lowest BCUT2D eigenvalue weighted by Gasteiger charge is -2.12. The molecule has 0 saturated heterocycles. The van der Waals surface area contributed by atoms with Crippen molar-refractivity contribution in [2.75, 3.05) is 13.1 Å². The van der Waals surface area contributed by atoms with Gasteiger partial charge in [-0.05, 0) is 51.8 Å². The lowest BCUT2D eigenvalue weighted by Crippen LogP contribution is -2.25. The van der Waals surface area contributed by atoms with Crippen molar-refractivity contribution in [1.29, 1.82) is 0 Å². The first kappa shape index (κ1) is 24.9. The zero-order valence-corrected chi connectivity index (χ0v) is 18.6. The molecule has 0 aliphatic heterocycles. The van der Waals surface area contributed by atoms with E-state index in [0.29, 0.717) is 18.7 Å². The van der Waals surface area contributed by atoms with Crippen LogP contribution in [-0.4, -0.2) is 33.8 Å². The van der Waals surface area contributed by atoms with Crippen molar-refractivity contribution in [3.8, 4) is 11.3 Å². The second kappa shape index (κ2) is 11.1. The van der Waals surface area contributed by atoms with Gasteiger partial charge >= 0.3 is 0 Å². The number of nitrogens with one attached hydrogen (secondary N) is 1. The Bertz CT molecular complexity index is 955. The van der Waals surface area contributed by atoms with Gasteiger partial charge in [0.1, 0.15) is 0 Å². The van der Waals surface area contributed by atoms with Gasteiger partial charge in [0, 0.05) is 18.2 Å². The molecule has 1 amide bonds.